The maximum Gasteiger partial charge on any atom is 0.0461 e. The molecule has 1 aromatic heterocycles. The number of rotatable bonds is 5. The lowest BCUT2D eigenvalue weighted by Crippen LogP contribution is -2.16. The van der Waals surface area contributed by atoms with Crippen molar-refractivity contribution in [3.63, 3.8) is 0 Å². The summed E-state index contributed by atoms with van der Waals surface area (Å²) >= 11 is 0. The van der Waals surface area contributed by atoms with Crippen LogP contribution >= 0.6 is 0 Å². The van der Waals surface area contributed by atoms with Gasteiger partial charge in [-0.3, -0.25) is 4.98 Å². The molecule has 0 saturated carbocycles. The van der Waals surface area contributed by atoms with E-state index >= 15 is 0 Å². The van der Waals surface area contributed by atoms with Gasteiger partial charge in [0.1, 0.15) is 0 Å². The van der Waals surface area contributed by atoms with Gasteiger partial charge in [0.15, 0.2) is 0 Å². The SMILES string of the molecule is C=C(C)CNC(=C)Cc1ccccn1.CC. The van der Waals surface area contributed by atoms with E-state index in [0.717, 1.165) is 29.9 Å². The lowest BCUT2D eigenvalue weighted by atomic mass is 10.2. The molecule has 0 radical (unpaired) electrons. The molecule has 16 heavy (non-hydrogen) atoms. The van der Waals surface area contributed by atoms with E-state index in [2.05, 4.69) is 23.5 Å². The fraction of sp³-hybridized carbons (Fsp3) is 0.357. The van der Waals surface area contributed by atoms with Crippen LogP contribution in [0.5, 0.6) is 0 Å². The minimum Gasteiger partial charge on any atom is -0.385 e. The monoisotopic (exact) mass is 218 g/mol. The summed E-state index contributed by atoms with van der Waals surface area (Å²) in [4.78, 5) is 4.22. The summed E-state index contributed by atoms with van der Waals surface area (Å²) in [6.45, 7) is 14.5. The van der Waals surface area contributed by atoms with E-state index in [4.69, 9.17) is 0 Å². The lowest BCUT2D eigenvalue weighted by molar-refractivity contribution is 0.828. The molecular weight excluding hydrogens is 196 g/mol. The van der Waals surface area contributed by atoms with Crippen LogP contribution in [0, 0.1) is 0 Å². The van der Waals surface area contributed by atoms with Gasteiger partial charge in [0.25, 0.3) is 0 Å². The zero-order valence-electron chi connectivity index (χ0n) is 10.6. The highest BCUT2D eigenvalue weighted by molar-refractivity contribution is 5.12. The topological polar surface area (TPSA) is 24.9 Å². The Morgan fingerprint density at radius 2 is 2.00 bits per heavy atom. The average molecular weight is 218 g/mol. The Morgan fingerprint density at radius 3 is 2.50 bits per heavy atom. The summed E-state index contributed by atoms with van der Waals surface area (Å²) in [5, 5.41) is 3.20. The van der Waals surface area contributed by atoms with Crippen LogP contribution in [0.3, 0.4) is 0 Å². The Kier molecular flexibility index (Phi) is 7.86. The smallest absolute Gasteiger partial charge is 0.0461 e. The summed E-state index contributed by atoms with van der Waals surface area (Å²) in [6, 6.07) is 5.88. The van der Waals surface area contributed by atoms with Gasteiger partial charge >= 0.3 is 0 Å². The molecule has 1 N–H and O–H groups in total. The van der Waals surface area contributed by atoms with Gasteiger partial charge in [-0.15, -0.1) is 0 Å². The molecule has 0 aromatic carbocycles. The normalized spacial score (nSPS) is 8.69. The zero-order valence-corrected chi connectivity index (χ0v) is 10.6. The maximum absolute atomic E-state index is 4.22. The predicted octanol–water partition coefficient (Wildman–Crippen LogP) is 3.33. The second kappa shape index (κ2) is 8.72. The third kappa shape index (κ3) is 6.82. The van der Waals surface area contributed by atoms with Crippen LogP contribution in [-0.4, -0.2) is 11.5 Å². The first-order valence-electron chi connectivity index (χ1n) is 5.64. The highest BCUT2D eigenvalue weighted by atomic mass is 14.9. The fourth-order valence-electron chi connectivity index (χ4n) is 1.06. The van der Waals surface area contributed by atoms with Crippen molar-refractivity contribution in [2.75, 3.05) is 6.54 Å². The second-order valence-corrected chi connectivity index (χ2v) is 3.41. The molecule has 0 aliphatic rings. The van der Waals surface area contributed by atoms with E-state index in [1.54, 1.807) is 6.20 Å². The van der Waals surface area contributed by atoms with Crippen LogP contribution in [0.4, 0.5) is 0 Å². The van der Waals surface area contributed by atoms with Gasteiger partial charge in [0.05, 0.1) is 0 Å². The third-order valence-corrected chi connectivity index (χ3v) is 1.76. The number of aromatic nitrogens is 1. The maximum atomic E-state index is 4.22. The van der Waals surface area contributed by atoms with Gasteiger partial charge in [-0.25, -0.2) is 0 Å². The first-order chi connectivity index (χ1) is 7.68. The van der Waals surface area contributed by atoms with Crippen molar-refractivity contribution < 1.29 is 0 Å². The third-order valence-electron chi connectivity index (χ3n) is 1.76. The zero-order chi connectivity index (χ0) is 12.4. The van der Waals surface area contributed by atoms with Crippen LogP contribution in [0.2, 0.25) is 0 Å². The Balaban J connectivity index is 0.00000106. The van der Waals surface area contributed by atoms with Gasteiger partial charge in [-0.1, -0.05) is 38.6 Å². The van der Waals surface area contributed by atoms with Crippen LogP contribution in [0.1, 0.15) is 26.5 Å². The molecule has 1 aromatic rings. The Labute approximate surface area is 99.1 Å². The van der Waals surface area contributed by atoms with Crippen LogP contribution in [-0.2, 0) is 6.42 Å². The highest BCUT2D eigenvalue weighted by Gasteiger charge is 1.96. The van der Waals surface area contributed by atoms with Crippen molar-refractivity contribution in [3.8, 4) is 0 Å². The quantitative estimate of drug-likeness (QED) is 0.767. The van der Waals surface area contributed by atoms with Gasteiger partial charge < -0.3 is 5.32 Å². The van der Waals surface area contributed by atoms with E-state index in [-0.39, 0.29) is 0 Å². The van der Waals surface area contributed by atoms with Gasteiger partial charge in [0, 0.05) is 30.6 Å². The van der Waals surface area contributed by atoms with Crippen molar-refractivity contribution in [1.82, 2.24) is 10.3 Å². The molecule has 0 fully saturated rings. The van der Waals surface area contributed by atoms with E-state index in [1.165, 1.54) is 0 Å². The molecule has 0 saturated heterocycles. The Bertz CT molecular complexity index is 315. The highest BCUT2D eigenvalue weighted by Crippen LogP contribution is 2.00. The molecule has 1 rings (SSSR count). The number of hydrogen-bond acceptors (Lipinski definition) is 2. The first kappa shape index (κ1) is 14.4. The largest absolute Gasteiger partial charge is 0.385 e. The minimum atomic E-state index is 0.772. The summed E-state index contributed by atoms with van der Waals surface area (Å²) in [5.74, 6) is 0. The molecule has 0 aliphatic heterocycles. The van der Waals surface area contributed by atoms with Gasteiger partial charge in [-0.2, -0.15) is 0 Å². The van der Waals surface area contributed by atoms with Gasteiger partial charge in [-0.05, 0) is 19.1 Å². The average Bonchev–Trinajstić information content (AvgIpc) is 2.30. The number of nitrogens with one attached hydrogen (secondary N) is 1. The van der Waals surface area contributed by atoms with E-state index in [1.807, 2.05) is 39.0 Å². The summed E-state index contributed by atoms with van der Waals surface area (Å²) in [6.07, 6.45) is 2.56. The summed E-state index contributed by atoms with van der Waals surface area (Å²) in [7, 11) is 0. The standard InChI is InChI=1S/C12H16N2.C2H6/c1-10(2)9-14-11(3)8-12-6-4-5-7-13-12;1-2/h4-7,14H,1,3,8-9H2,2H3;1-2H3. The summed E-state index contributed by atoms with van der Waals surface area (Å²) in [5.41, 5.74) is 3.12. The van der Waals surface area contributed by atoms with Crippen LogP contribution in [0.25, 0.3) is 0 Å². The molecule has 0 spiro atoms. The number of nitrogens with zero attached hydrogens (tertiary/aromatic N) is 1. The molecule has 0 aliphatic carbocycles. The van der Waals surface area contributed by atoms with Crippen molar-refractivity contribution in [2.24, 2.45) is 0 Å². The first-order valence-corrected chi connectivity index (χ1v) is 5.64. The molecule has 2 heteroatoms. The molecule has 0 atom stereocenters. The predicted molar refractivity (Wildman–Crippen MR) is 71.2 cm³/mol. The fourth-order valence-corrected chi connectivity index (χ4v) is 1.06. The molecular formula is C14H22N2. The van der Waals surface area contributed by atoms with E-state index in [9.17, 15) is 0 Å². The van der Waals surface area contributed by atoms with Gasteiger partial charge in [0.2, 0.25) is 0 Å². The molecule has 2 nitrogen and oxygen atoms in total. The second-order valence-electron chi connectivity index (χ2n) is 3.41. The lowest BCUT2D eigenvalue weighted by Gasteiger charge is -2.08. The number of pyridine rings is 1. The van der Waals surface area contributed by atoms with Crippen molar-refractivity contribution in [3.05, 3.63) is 54.5 Å². The molecule has 0 amide bonds. The van der Waals surface area contributed by atoms with Crippen molar-refractivity contribution in [1.29, 1.82) is 0 Å². The van der Waals surface area contributed by atoms with E-state index in [0.29, 0.717) is 0 Å². The Morgan fingerprint density at radius 1 is 1.31 bits per heavy atom. The molecule has 1 heterocycles. The number of hydrogen-bond donors (Lipinski definition) is 1. The minimum absolute atomic E-state index is 0.772. The van der Waals surface area contributed by atoms with Crippen LogP contribution in [0.15, 0.2) is 48.8 Å². The van der Waals surface area contributed by atoms with Crippen molar-refractivity contribution >= 4 is 0 Å². The van der Waals surface area contributed by atoms with Crippen molar-refractivity contribution in [2.45, 2.75) is 27.2 Å². The summed E-state index contributed by atoms with van der Waals surface area (Å²) < 4.78 is 0. The Hall–Kier alpha value is -1.57. The molecule has 0 bridgehead atoms. The van der Waals surface area contributed by atoms with Crippen LogP contribution < -0.4 is 5.32 Å². The molecule has 88 valence electrons. The van der Waals surface area contributed by atoms with E-state index < -0.39 is 0 Å². The number of allylic oxidation sites excluding steroid dienone is 1. The molecule has 0 unspecified atom stereocenters.